The summed E-state index contributed by atoms with van der Waals surface area (Å²) >= 11 is 2.71. The van der Waals surface area contributed by atoms with Crippen molar-refractivity contribution in [3.63, 3.8) is 0 Å². The van der Waals surface area contributed by atoms with Crippen LogP contribution in [-0.4, -0.2) is 36.7 Å². The number of hydrogen-bond donors (Lipinski definition) is 1. The molecule has 0 aliphatic carbocycles. The smallest absolute Gasteiger partial charge is 0.348 e. The lowest BCUT2D eigenvalue weighted by Crippen LogP contribution is -2.17. The second-order valence-corrected chi connectivity index (χ2v) is 9.33. The first-order chi connectivity index (χ1) is 16.0. The molecule has 4 aromatic rings. The highest BCUT2D eigenvalue weighted by Gasteiger charge is 2.26. The van der Waals surface area contributed by atoms with E-state index in [1.807, 2.05) is 31.2 Å². The van der Waals surface area contributed by atoms with Crippen molar-refractivity contribution in [2.24, 2.45) is 0 Å². The number of carbonyl (C=O) groups excluding carboxylic acids is 2. The molecule has 1 aliphatic rings. The number of esters is 1. The Bertz CT molecular complexity index is 1340. The van der Waals surface area contributed by atoms with Gasteiger partial charge < -0.3 is 19.5 Å². The van der Waals surface area contributed by atoms with Crippen LogP contribution in [-0.2, 0) is 4.74 Å². The maximum atomic E-state index is 13.1. The molecule has 33 heavy (non-hydrogen) atoms. The molecule has 0 saturated heterocycles. The molecule has 2 aromatic heterocycles. The van der Waals surface area contributed by atoms with Gasteiger partial charge in [-0.25, -0.2) is 9.78 Å². The summed E-state index contributed by atoms with van der Waals surface area (Å²) in [6, 6.07) is 12.9. The quantitative estimate of drug-likeness (QED) is 0.378. The zero-order valence-corrected chi connectivity index (χ0v) is 19.6. The first-order valence-electron chi connectivity index (χ1n) is 10.4. The Hall–Kier alpha value is -3.43. The van der Waals surface area contributed by atoms with Crippen LogP contribution in [0.25, 0.3) is 20.8 Å². The predicted molar refractivity (Wildman–Crippen MR) is 129 cm³/mol. The van der Waals surface area contributed by atoms with Gasteiger partial charge in [-0.05, 0) is 49.7 Å². The largest absolute Gasteiger partial charge is 0.486 e. The summed E-state index contributed by atoms with van der Waals surface area (Å²) in [5.41, 5.74) is 2.76. The van der Waals surface area contributed by atoms with E-state index in [2.05, 4.69) is 5.32 Å². The van der Waals surface area contributed by atoms with Crippen molar-refractivity contribution in [1.82, 2.24) is 4.98 Å². The lowest BCUT2D eigenvalue weighted by atomic mass is 10.1. The van der Waals surface area contributed by atoms with Gasteiger partial charge in [-0.1, -0.05) is 12.1 Å². The van der Waals surface area contributed by atoms with E-state index >= 15 is 0 Å². The van der Waals surface area contributed by atoms with Crippen LogP contribution >= 0.6 is 22.7 Å². The highest BCUT2D eigenvalue weighted by molar-refractivity contribution is 7.23. The van der Waals surface area contributed by atoms with Crippen molar-refractivity contribution in [2.75, 3.05) is 25.1 Å². The van der Waals surface area contributed by atoms with Crippen LogP contribution in [0.1, 0.15) is 32.5 Å². The Labute approximate surface area is 197 Å². The Kier molecular flexibility index (Phi) is 5.74. The number of nitrogens with zero attached hydrogens (tertiary/aromatic N) is 1. The minimum Gasteiger partial charge on any atom is -0.486 e. The van der Waals surface area contributed by atoms with Crippen LogP contribution < -0.4 is 14.8 Å². The summed E-state index contributed by atoms with van der Waals surface area (Å²) in [5, 5.41) is 4.26. The number of ether oxygens (including phenoxy) is 3. The van der Waals surface area contributed by atoms with Crippen molar-refractivity contribution in [3.8, 4) is 22.1 Å². The summed E-state index contributed by atoms with van der Waals surface area (Å²) in [7, 11) is 0. The van der Waals surface area contributed by atoms with Gasteiger partial charge in [0.1, 0.15) is 28.1 Å². The van der Waals surface area contributed by atoms with Crippen molar-refractivity contribution in [1.29, 1.82) is 0 Å². The highest BCUT2D eigenvalue weighted by Crippen LogP contribution is 2.44. The van der Waals surface area contributed by atoms with Crippen molar-refractivity contribution >= 4 is 49.8 Å². The fourth-order valence-corrected chi connectivity index (χ4v) is 5.83. The van der Waals surface area contributed by atoms with E-state index in [-0.39, 0.29) is 12.5 Å². The SMILES string of the molecule is CCOC(=O)c1sc(NC(=O)c2ccc3c(c2)OCCO3)c(-c2nc3ccccc3s2)c1C. The second-order valence-electron chi connectivity index (χ2n) is 7.28. The molecule has 0 bridgehead atoms. The van der Waals surface area contributed by atoms with Crippen LogP contribution in [0, 0.1) is 6.92 Å². The summed E-state index contributed by atoms with van der Waals surface area (Å²) in [6.45, 7) is 4.80. The van der Waals surface area contributed by atoms with E-state index in [0.29, 0.717) is 40.2 Å². The van der Waals surface area contributed by atoms with Gasteiger partial charge in [0, 0.05) is 11.1 Å². The molecule has 0 atom stereocenters. The molecule has 3 heterocycles. The molecule has 1 aliphatic heterocycles. The topological polar surface area (TPSA) is 86.8 Å². The minimum absolute atomic E-state index is 0.269. The number of carbonyl (C=O) groups is 2. The molecule has 0 unspecified atom stereocenters. The number of hydrogen-bond acceptors (Lipinski definition) is 8. The number of fused-ring (bicyclic) bond motifs is 2. The molecular formula is C24H20N2O5S2. The molecule has 0 saturated carbocycles. The lowest BCUT2D eigenvalue weighted by Gasteiger charge is -2.18. The Morgan fingerprint density at radius 3 is 2.67 bits per heavy atom. The Morgan fingerprint density at radius 1 is 1.09 bits per heavy atom. The number of thiazole rings is 1. The number of aromatic nitrogens is 1. The number of para-hydroxylation sites is 1. The molecule has 1 amide bonds. The maximum Gasteiger partial charge on any atom is 0.348 e. The third-order valence-electron chi connectivity index (χ3n) is 5.15. The lowest BCUT2D eigenvalue weighted by molar-refractivity contribution is 0.0531. The third-order valence-corrected chi connectivity index (χ3v) is 7.39. The monoisotopic (exact) mass is 480 g/mol. The standard InChI is InChI=1S/C24H20N2O5S2/c1-3-29-24(28)20-13(2)19(22-25-15-6-4-5-7-18(15)32-22)23(33-20)26-21(27)14-8-9-16-17(12-14)31-11-10-30-16/h4-9,12H,3,10-11H2,1-2H3,(H,26,27). The zero-order valence-electron chi connectivity index (χ0n) is 18.0. The molecule has 168 valence electrons. The normalized spacial score (nSPS) is 12.5. The molecule has 7 nitrogen and oxygen atoms in total. The molecule has 0 fully saturated rings. The number of anilines is 1. The molecule has 5 rings (SSSR count). The van der Waals surface area contributed by atoms with Crippen LogP contribution in [0.5, 0.6) is 11.5 Å². The number of benzene rings is 2. The highest BCUT2D eigenvalue weighted by atomic mass is 32.1. The molecule has 2 aromatic carbocycles. The van der Waals surface area contributed by atoms with E-state index in [4.69, 9.17) is 19.2 Å². The van der Waals surface area contributed by atoms with Crippen molar-refractivity contribution in [3.05, 3.63) is 58.5 Å². The van der Waals surface area contributed by atoms with E-state index in [1.165, 1.54) is 22.7 Å². The van der Waals surface area contributed by atoms with Crippen LogP contribution in [0.3, 0.4) is 0 Å². The van der Waals surface area contributed by atoms with Gasteiger partial charge >= 0.3 is 5.97 Å². The number of rotatable bonds is 5. The molecule has 9 heteroatoms. The average Bonchev–Trinajstić information content (AvgIpc) is 3.39. The fraction of sp³-hybridized carbons (Fsp3) is 0.208. The van der Waals surface area contributed by atoms with Crippen LogP contribution in [0.4, 0.5) is 5.00 Å². The third kappa shape index (κ3) is 4.05. The van der Waals surface area contributed by atoms with Crippen LogP contribution in [0.2, 0.25) is 0 Å². The summed E-state index contributed by atoms with van der Waals surface area (Å²) < 4.78 is 17.4. The Balaban J connectivity index is 1.55. The zero-order chi connectivity index (χ0) is 22.9. The van der Waals surface area contributed by atoms with E-state index in [9.17, 15) is 9.59 Å². The van der Waals surface area contributed by atoms with Gasteiger partial charge in [-0.3, -0.25) is 4.79 Å². The molecule has 0 radical (unpaired) electrons. The predicted octanol–water partition coefficient (Wildman–Crippen LogP) is 5.53. The first kappa shape index (κ1) is 21.4. The van der Waals surface area contributed by atoms with Gasteiger partial charge in [0.2, 0.25) is 0 Å². The van der Waals surface area contributed by atoms with Crippen LogP contribution in [0.15, 0.2) is 42.5 Å². The van der Waals surface area contributed by atoms with Gasteiger partial charge in [-0.2, -0.15) is 0 Å². The first-order valence-corrected chi connectivity index (χ1v) is 12.1. The van der Waals surface area contributed by atoms with Crippen molar-refractivity contribution in [2.45, 2.75) is 13.8 Å². The number of amides is 1. The fourth-order valence-electron chi connectivity index (χ4n) is 3.59. The van der Waals surface area contributed by atoms with Gasteiger partial charge in [0.25, 0.3) is 5.91 Å². The van der Waals surface area contributed by atoms with E-state index in [0.717, 1.165) is 26.4 Å². The molecule has 0 spiro atoms. The summed E-state index contributed by atoms with van der Waals surface area (Å²) in [4.78, 5) is 30.9. The Morgan fingerprint density at radius 2 is 1.88 bits per heavy atom. The van der Waals surface area contributed by atoms with Gasteiger partial charge in [-0.15, -0.1) is 22.7 Å². The maximum absolute atomic E-state index is 13.1. The minimum atomic E-state index is -0.415. The van der Waals surface area contributed by atoms with E-state index in [1.54, 1.807) is 25.1 Å². The average molecular weight is 481 g/mol. The number of thiophene rings is 1. The van der Waals surface area contributed by atoms with Gasteiger partial charge in [0.15, 0.2) is 11.5 Å². The van der Waals surface area contributed by atoms with Crippen molar-refractivity contribution < 1.29 is 23.8 Å². The summed E-state index contributed by atoms with van der Waals surface area (Å²) in [5.74, 6) is 0.424. The summed E-state index contributed by atoms with van der Waals surface area (Å²) in [6.07, 6.45) is 0. The van der Waals surface area contributed by atoms with E-state index < -0.39 is 5.97 Å². The number of nitrogens with one attached hydrogen (secondary N) is 1. The van der Waals surface area contributed by atoms with Gasteiger partial charge in [0.05, 0.1) is 16.8 Å². The molecule has 1 N–H and O–H groups in total. The molecular weight excluding hydrogens is 460 g/mol. The second kappa shape index (κ2) is 8.84.